The standard InChI is InChI=1S/C19H16F3N3O2S/c1-2-27-17(26)16-15(13-5-3-4-6-14(13)24-16)25-18(28)23-12-9-7-11(8-10-12)19(20,21)22/h3-10,24H,2H2,1H3,(H2,23,25,28). The number of aromatic amines is 1. The third-order valence-electron chi connectivity index (χ3n) is 3.89. The molecule has 0 aliphatic carbocycles. The van der Waals surface area contributed by atoms with Crippen LogP contribution in [0.15, 0.2) is 48.5 Å². The van der Waals surface area contributed by atoms with E-state index < -0.39 is 17.7 Å². The highest BCUT2D eigenvalue weighted by Crippen LogP contribution is 2.30. The van der Waals surface area contributed by atoms with E-state index in [1.54, 1.807) is 19.1 Å². The summed E-state index contributed by atoms with van der Waals surface area (Å²) in [6, 6.07) is 11.7. The summed E-state index contributed by atoms with van der Waals surface area (Å²) < 4.78 is 43.0. The van der Waals surface area contributed by atoms with Gasteiger partial charge in [-0.05, 0) is 49.5 Å². The molecule has 0 amide bonds. The SMILES string of the molecule is CCOC(=O)c1[nH]c2ccccc2c1NC(=S)Nc1ccc(C(F)(F)F)cc1. The van der Waals surface area contributed by atoms with E-state index in [2.05, 4.69) is 15.6 Å². The first-order valence-corrected chi connectivity index (χ1v) is 8.73. The number of ether oxygens (including phenoxy) is 1. The average Bonchev–Trinajstić information content (AvgIpc) is 3.00. The molecule has 3 aromatic rings. The van der Waals surface area contributed by atoms with Crippen molar-refractivity contribution in [2.45, 2.75) is 13.1 Å². The van der Waals surface area contributed by atoms with Gasteiger partial charge >= 0.3 is 12.1 Å². The zero-order valence-electron chi connectivity index (χ0n) is 14.7. The van der Waals surface area contributed by atoms with E-state index in [9.17, 15) is 18.0 Å². The maximum absolute atomic E-state index is 12.7. The van der Waals surface area contributed by atoms with E-state index in [0.717, 1.165) is 17.5 Å². The summed E-state index contributed by atoms with van der Waals surface area (Å²) in [6.07, 6.45) is -4.41. The minimum atomic E-state index is -4.41. The van der Waals surface area contributed by atoms with Crippen molar-refractivity contribution in [1.29, 1.82) is 0 Å². The number of rotatable bonds is 4. The van der Waals surface area contributed by atoms with E-state index in [0.29, 0.717) is 16.9 Å². The van der Waals surface area contributed by atoms with Gasteiger partial charge in [0.05, 0.1) is 17.9 Å². The summed E-state index contributed by atoms with van der Waals surface area (Å²) in [7, 11) is 0. The van der Waals surface area contributed by atoms with E-state index in [1.165, 1.54) is 12.1 Å². The summed E-state index contributed by atoms with van der Waals surface area (Å²) >= 11 is 5.25. The van der Waals surface area contributed by atoms with E-state index in [4.69, 9.17) is 17.0 Å². The van der Waals surface area contributed by atoms with Crippen molar-refractivity contribution in [3.05, 3.63) is 59.8 Å². The van der Waals surface area contributed by atoms with Crippen LogP contribution in [0, 0.1) is 0 Å². The van der Waals surface area contributed by atoms with Crippen LogP contribution in [0.3, 0.4) is 0 Å². The lowest BCUT2D eigenvalue weighted by atomic mass is 10.2. The number of anilines is 2. The molecule has 0 saturated heterocycles. The van der Waals surface area contributed by atoms with Gasteiger partial charge in [-0.2, -0.15) is 13.2 Å². The van der Waals surface area contributed by atoms with E-state index >= 15 is 0 Å². The number of hydrogen-bond donors (Lipinski definition) is 3. The number of nitrogens with one attached hydrogen (secondary N) is 3. The zero-order valence-corrected chi connectivity index (χ0v) is 15.5. The summed E-state index contributed by atoms with van der Waals surface area (Å²) in [5.41, 5.74) is 0.977. The van der Waals surface area contributed by atoms with Gasteiger partial charge in [-0.3, -0.25) is 0 Å². The van der Waals surface area contributed by atoms with Crippen LogP contribution in [0.25, 0.3) is 10.9 Å². The number of thiocarbonyl (C=S) groups is 1. The molecule has 1 aromatic heterocycles. The van der Waals surface area contributed by atoms with Crippen LogP contribution in [-0.2, 0) is 10.9 Å². The van der Waals surface area contributed by atoms with Crippen molar-refractivity contribution in [2.24, 2.45) is 0 Å². The minimum Gasteiger partial charge on any atom is -0.461 e. The maximum Gasteiger partial charge on any atom is 0.416 e. The Morgan fingerprint density at radius 2 is 1.79 bits per heavy atom. The molecule has 0 aliphatic rings. The Morgan fingerprint density at radius 1 is 1.11 bits per heavy atom. The lowest BCUT2D eigenvalue weighted by Crippen LogP contribution is -2.21. The summed E-state index contributed by atoms with van der Waals surface area (Å²) in [4.78, 5) is 15.2. The molecule has 2 aromatic carbocycles. The number of fused-ring (bicyclic) bond motifs is 1. The number of H-pyrrole nitrogens is 1. The molecule has 0 aliphatic heterocycles. The minimum absolute atomic E-state index is 0.120. The Balaban J connectivity index is 1.82. The molecule has 0 bridgehead atoms. The highest BCUT2D eigenvalue weighted by Gasteiger charge is 2.30. The van der Waals surface area contributed by atoms with Crippen LogP contribution in [-0.4, -0.2) is 22.7 Å². The highest BCUT2D eigenvalue weighted by atomic mass is 32.1. The first-order valence-electron chi connectivity index (χ1n) is 8.32. The second-order valence-corrected chi connectivity index (χ2v) is 6.20. The molecule has 0 radical (unpaired) electrons. The van der Waals surface area contributed by atoms with Crippen molar-refractivity contribution in [3.63, 3.8) is 0 Å². The van der Waals surface area contributed by atoms with Gasteiger partial charge in [0.1, 0.15) is 5.69 Å². The van der Waals surface area contributed by atoms with Gasteiger partial charge in [0.15, 0.2) is 5.11 Å². The fourth-order valence-electron chi connectivity index (χ4n) is 2.65. The molecule has 3 N–H and O–H groups in total. The fourth-order valence-corrected chi connectivity index (χ4v) is 2.87. The average molecular weight is 407 g/mol. The number of benzene rings is 2. The molecule has 146 valence electrons. The van der Waals surface area contributed by atoms with Gasteiger partial charge in [-0.1, -0.05) is 18.2 Å². The number of carbonyl (C=O) groups is 1. The summed E-state index contributed by atoms with van der Waals surface area (Å²) in [5, 5.41) is 6.59. The molecule has 28 heavy (non-hydrogen) atoms. The Hall–Kier alpha value is -3.07. The third-order valence-corrected chi connectivity index (χ3v) is 4.10. The predicted octanol–water partition coefficient (Wildman–Crippen LogP) is 5.17. The molecule has 9 heteroatoms. The number of hydrogen-bond acceptors (Lipinski definition) is 3. The first-order chi connectivity index (χ1) is 13.3. The highest BCUT2D eigenvalue weighted by molar-refractivity contribution is 7.80. The quantitative estimate of drug-likeness (QED) is 0.411. The second-order valence-electron chi connectivity index (χ2n) is 5.80. The number of halogens is 3. The van der Waals surface area contributed by atoms with Crippen LogP contribution in [0.4, 0.5) is 24.5 Å². The molecule has 0 fully saturated rings. The molecular formula is C19H16F3N3O2S. The van der Waals surface area contributed by atoms with Crippen LogP contribution in [0.2, 0.25) is 0 Å². The van der Waals surface area contributed by atoms with Crippen LogP contribution >= 0.6 is 12.2 Å². The van der Waals surface area contributed by atoms with Gasteiger partial charge in [-0.25, -0.2) is 4.79 Å². The van der Waals surface area contributed by atoms with Crippen molar-refractivity contribution >= 4 is 45.6 Å². The van der Waals surface area contributed by atoms with Gasteiger partial charge in [0.25, 0.3) is 0 Å². The van der Waals surface area contributed by atoms with Gasteiger partial charge in [-0.15, -0.1) is 0 Å². The van der Waals surface area contributed by atoms with Crippen LogP contribution in [0.1, 0.15) is 23.0 Å². The number of carbonyl (C=O) groups excluding carboxylic acids is 1. The Kier molecular flexibility index (Phi) is 5.55. The molecule has 3 rings (SSSR count). The predicted molar refractivity (Wildman–Crippen MR) is 106 cm³/mol. The van der Waals surface area contributed by atoms with E-state index in [-0.39, 0.29) is 17.4 Å². The maximum atomic E-state index is 12.7. The number of esters is 1. The lowest BCUT2D eigenvalue weighted by Gasteiger charge is -2.12. The Labute approximate surface area is 163 Å². The zero-order chi connectivity index (χ0) is 20.3. The lowest BCUT2D eigenvalue weighted by molar-refractivity contribution is -0.137. The van der Waals surface area contributed by atoms with Gasteiger partial charge < -0.3 is 20.4 Å². The summed E-state index contributed by atoms with van der Waals surface area (Å²) in [5.74, 6) is -0.543. The van der Waals surface area contributed by atoms with E-state index in [1.807, 2.05) is 12.1 Å². The van der Waals surface area contributed by atoms with Crippen molar-refractivity contribution in [1.82, 2.24) is 4.98 Å². The van der Waals surface area contributed by atoms with Crippen LogP contribution in [0.5, 0.6) is 0 Å². The van der Waals surface area contributed by atoms with Crippen LogP contribution < -0.4 is 10.6 Å². The molecular weight excluding hydrogens is 391 g/mol. The van der Waals surface area contributed by atoms with Crippen molar-refractivity contribution < 1.29 is 22.7 Å². The number of alkyl halides is 3. The molecule has 0 saturated carbocycles. The Bertz CT molecular complexity index is 1010. The molecule has 0 unspecified atom stereocenters. The van der Waals surface area contributed by atoms with Crippen molar-refractivity contribution in [2.75, 3.05) is 17.2 Å². The molecule has 5 nitrogen and oxygen atoms in total. The largest absolute Gasteiger partial charge is 0.461 e. The fraction of sp³-hybridized carbons (Fsp3) is 0.158. The smallest absolute Gasteiger partial charge is 0.416 e. The third kappa shape index (κ3) is 4.25. The molecule has 0 spiro atoms. The molecule has 1 heterocycles. The topological polar surface area (TPSA) is 66.2 Å². The normalized spacial score (nSPS) is 11.3. The van der Waals surface area contributed by atoms with Crippen molar-refractivity contribution in [3.8, 4) is 0 Å². The second kappa shape index (κ2) is 7.89. The Morgan fingerprint density at radius 3 is 2.43 bits per heavy atom. The number of para-hydroxylation sites is 1. The monoisotopic (exact) mass is 407 g/mol. The van der Waals surface area contributed by atoms with Gasteiger partial charge in [0, 0.05) is 16.6 Å². The first kappa shape index (κ1) is 19.7. The molecule has 0 atom stereocenters. The van der Waals surface area contributed by atoms with Gasteiger partial charge in [0.2, 0.25) is 0 Å². The summed E-state index contributed by atoms with van der Waals surface area (Å²) in [6.45, 7) is 1.91. The number of aromatic nitrogens is 1.